The Hall–Kier alpha value is -4.00. The molecule has 0 radical (unpaired) electrons. The van der Waals surface area contributed by atoms with Crippen LogP contribution in [-0.4, -0.2) is 19.2 Å². The minimum atomic E-state index is -0.351. The predicted molar refractivity (Wildman–Crippen MR) is 142 cm³/mol. The van der Waals surface area contributed by atoms with E-state index in [-0.39, 0.29) is 5.91 Å². The van der Waals surface area contributed by atoms with Crippen molar-refractivity contribution in [3.05, 3.63) is 118 Å². The van der Waals surface area contributed by atoms with Gasteiger partial charge >= 0.3 is 0 Å². The number of nitrogens with one attached hydrogen (secondary N) is 1. The molecule has 0 unspecified atom stereocenters. The van der Waals surface area contributed by atoms with Gasteiger partial charge in [-0.1, -0.05) is 41.4 Å². The monoisotopic (exact) mass is 520 g/mol. The number of ether oxygens (including phenoxy) is 3. The zero-order chi connectivity index (χ0) is 25.3. The molecule has 0 heterocycles. The average molecular weight is 521 g/mol. The molecule has 182 valence electrons. The summed E-state index contributed by atoms with van der Waals surface area (Å²) in [5.74, 6) is 2.26. The van der Waals surface area contributed by atoms with E-state index in [9.17, 15) is 4.79 Å². The van der Waals surface area contributed by atoms with Gasteiger partial charge < -0.3 is 14.2 Å². The summed E-state index contributed by atoms with van der Waals surface area (Å²) in [4.78, 5) is 12.5. The van der Waals surface area contributed by atoms with Gasteiger partial charge in [0.05, 0.1) is 23.4 Å². The SMILES string of the molecule is COc1ccc(Oc2ccccc2C=NNC(=O)c2ccc(OCc3ccc(Cl)c(Cl)c3)cc2)cc1. The van der Waals surface area contributed by atoms with Crippen LogP contribution in [0, 0.1) is 0 Å². The van der Waals surface area contributed by atoms with E-state index >= 15 is 0 Å². The second-order valence-electron chi connectivity index (χ2n) is 7.58. The fourth-order valence-corrected chi connectivity index (χ4v) is 3.50. The number of benzene rings is 4. The van der Waals surface area contributed by atoms with Crippen LogP contribution < -0.4 is 19.6 Å². The number of rotatable bonds is 9. The number of para-hydroxylation sites is 1. The first-order chi connectivity index (χ1) is 17.5. The van der Waals surface area contributed by atoms with Crippen molar-refractivity contribution in [1.29, 1.82) is 0 Å². The highest BCUT2D eigenvalue weighted by atomic mass is 35.5. The van der Waals surface area contributed by atoms with Gasteiger partial charge in [-0.25, -0.2) is 5.43 Å². The highest BCUT2D eigenvalue weighted by Crippen LogP contribution is 2.26. The molecule has 36 heavy (non-hydrogen) atoms. The Bertz CT molecular complexity index is 1360. The second kappa shape index (κ2) is 12.1. The minimum Gasteiger partial charge on any atom is -0.497 e. The molecule has 0 aliphatic heterocycles. The highest BCUT2D eigenvalue weighted by Gasteiger charge is 2.07. The van der Waals surface area contributed by atoms with Crippen LogP contribution in [0.4, 0.5) is 0 Å². The van der Waals surface area contributed by atoms with E-state index in [4.69, 9.17) is 37.4 Å². The Kier molecular flexibility index (Phi) is 8.44. The van der Waals surface area contributed by atoms with Gasteiger partial charge in [-0.15, -0.1) is 0 Å². The molecule has 4 aromatic rings. The molecule has 1 amide bonds. The van der Waals surface area contributed by atoms with Crippen molar-refractivity contribution in [2.24, 2.45) is 5.10 Å². The van der Waals surface area contributed by atoms with E-state index in [0.717, 1.165) is 11.3 Å². The summed E-state index contributed by atoms with van der Waals surface area (Å²) >= 11 is 12.0. The Labute approximate surface area is 219 Å². The molecule has 0 atom stereocenters. The van der Waals surface area contributed by atoms with E-state index in [0.29, 0.717) is 45.0 Å². The van der Waals surface area contributed by atoms with Crippen LogP contribution in [0.3, 0.4) is 0 Å². The number of carbonyl (C=O) groups is 1. The number of hydrogen-bond donors (Lipinski definition) is 1. The summed E-state index contributed by atoms with van der Waals surface area (Å²) in [5, 5.41) is 5.05. The molecule has 1 N–H and O–H groups in total. The van der Waals surface area contributed by atoms with Gasteiger partial charge in [-0.3, -0.25) is 4.79 Å². The van der Waals surface area contributed by atoms with E-state index in [1.807, 2.05) is 54.6 Å². The molecule has 0 aliphatic carbocycles. The molecule has 0 saturated heterocycles. The molecule has 0 aliphatic rings. The quantitative estimate of drug-likeness (QED) is 0.188. The predicted octanol–water partition coefficient (Wildman–Crippen LogP) is 7.14. The van der Waals surface area contributed by atoms with Crippen LogP contribution in [0.2, 0.25) is 10.0 Å². The van der Waals surface area contributed by atoms with Crippen LogP contribution in [-0.2, 0) is 6.61 Å². The summed E-state index contributed by atoms with van der Waals surface area (Å²) in [6, 6.07) is 26.7. The molecule has 4 rings (SSSR count). The summed E-state index contributed by atoms with van der Waals surface area (Å²) in [6.07, 6.45) is 1.53. The molecule has 0 saturated carbocycles. The fraction of sp³-hybridized carbons (Fsp3) is 0.0714. The first kappa shape index (κ1) is 25.1. The number of amides is 1. The van der Waals surface area contributed by atoms with Crippen LogP contribution in [0.1, 0.15) is 21.5 Å². The Balaban J connectivity index is 1.33. The molecule has 8 heteroatoms. The molecule has 0 aromatic heterocycles. The Morgan fingerprint density at radius 1 is 0.861 bits per heavy atom. The zero-order valence-corrected chi connectivity index (χ0v) is 20.8. The van der Waals surface area contributed by atoms with Gasteiger partial charge in [0.1, 0.15) is 29.6 Å². The molecule has 0 fully saturated rings. The normalized spacial score (nSPS) is 10.8. The Morgan fingerprint density at radius 3 is 2.28 bits per heavy atom. The standard InChI is InChI=1S/C28H22Cl2N2O4/c1-34-22-11-13-24(14-12-22)36-27-5-3-2-4-21(27)17-31-32-28(33)20-7-9-23(10-8-20)35-18-19-6-15-25(29)26(30)16-19/h2-17H,18H2,1H3,(H,32,33). The van der Waals surface area contributed by atoms with Crippen molar-refractivity contribution in [2.75, 3.05) is 7.11 Å². The maximum absolute atomic E-state index is 12.5. The van der Waals surface area contributed by atoms with Gasteiger partial charge in [0.2, 0.25) is 0 Å². The van der Waals surface area contributed by atoms with Crippen molar-refractivity contribution in [2.45, 2.75) is 6.61 Å². The summed E-state index contributed by atoms with van der Waals surface area (Å²) < 4.78 is 16.9. The summed E-state index contributed by atoms with van der Waals surface area (Å²) in [5.41, 5.74) is 4.57. The van der Waals surface area contributed by atoms with E-state index in [2.05, 4.69) is 10.5 Å². The van der Waals surface area contributed by atoms with Crippen molar-refractivity contribution in [1.82, 2.24) is 5.43 Å². The lowest BCUT2D eigenvalue weighted by atomic mass is 10.2. The number of halogens is 2. The highest BCUT2D eigenvalue weighted by molar-refractivity contribution is 6.42. The van der Waals surface area contributed by atoms with Crippen LogP contribution in [0.15, 0.2) is 96.1 Å². The number of carbonyl (C=O) groups excluding carboxylic acids is 1. The van der Waals surface area contributed by atoms with Crippen LogP contribution >= 0.6 is 23.2 Å². The third kappa shape index (κ3) is 6.78. The molecular formula is C28H22Cl2N2O4. The Morgan fingerprint density at radius 2 is 1.56 bits per heavy atom. The maximum atomic E-state index is 12.5. The minimum absolute atomic E-state index is 0.324. The lowest BCUT2D eigenvalue weighted by Crippen LogP contribution is -2.17. The fourth-order valence-electron chi connectivity index (χ4n) is 3.17. The number of hydrazone groups is 1. The van der Waals surface area contributed by atoms with Crippen LogP contribution in [0.25, 0.3) is 0 Å². The number of methoxy groups -OCH3 is 1. The van der Waals surface area contributed by atoms with Crippen molar-refractivity contribution >= 4 is 35.3 Å². The van der Waals surface area contributed by atoms with Gasteiger partial charge in [0, 0.05) is 11.1 Å². The van der Waals surface area contributed by atoms with E-state index < -0.39 is 0 Å². The molecular weight excluding hydrogens is 499 g/mol. The largest absolute Gasteiger partial charge is 0.497 e. The zero-order valence-electron chi connectivity index (χ0n) is 19.3. The average Bonchev–Trinajstić information content (AvgIpc) is 2.91. The smallest absolute Gasteiger partial charge is 0.271 e. The summed E-state index contributed by atoms with van der Waals surface area (Å²) in [7, 11) is 1.61. The first-order valence-corrected chi connectivity index (χ1v) is 11.7. The van der Waals surface area contributed by atoms with Crippen LogP contribution in [0.5, 0.6) is 23.0 Å². The van der Waals surface area contributed by atoms with Gasteiger partial charge in [-0.2, -0.15) is 5.10 Å². The number of hydrogen-bond acceptors (Lipinski definition) is 5. The molecule has 6 nitrogen and oxygen atoms in total. The number of nitrogens with zero attached hydrogens (tertiary/aromatic N) is 1. The van der Waals surface area contributed by atoms with Crippen molar-refractivity contribution < 1.29 is 19.0 Å². The third-order valence-electron chi connectivity index (χ3n) is 5.08. The molecule has 0 spiro atoms. The van der Waals surface area contributed by atoms with Gasteiger partial charge in [0.25, 0.3) is 5.91 Å². The van der Waals surface area contributed by atoms with Crippen molar-refractivity contribution in [3.8, 4) is 23.0 Å². The lowest BCUT2D eigenvalue weighted by molar-refractivity contribution is 0.0955. The maximum Gasteiger partial charge on any atom is 0.271 e. The lowest BCUT2D eigenvalue weighted by Gasteiger charge is -2.09. The van der Waals surface area contributed by atoms with E-state index in [1.54, 1.807) is 43.5 Å². The third-order valence-corrected chi connectivity index (χ3v) is 5.82. The first-order valence-electron chi connectivity index (χ1n) is 10.9. The van der Waals surface area contributed by atoms with Gasteiger partial charge in [-0.05, 0) is 78.4 Å². The van der Waals surface area contributed by atoms with E-state index in [1.165, 1.54) is 6.21 Å². The van der Waals surface area contributed by atoms with Gasteiger partial charge in [0.15, 0.2) is 0 Å². The van der Waals surface area contributed by atoms with Crippen molar-refractivity contribution in [3.63, 3.8) is 0 Å². The summed E-state index contributed by atoms with van der Waals surface area (Å²) in [6.45, 7) is 0.324. The second-order valence-corrected chi connectivity index (χ2v) is 8.39. The molecule has 0 bridgehead atoms. The molecule has 4 aromatic carbocycles. The topological polar surface area (TPSA) is 69.2 Å².